The van der Waals surface area contributed by atoms with Crippen molar-refractivity contribution < 1.29 is 4.42 Å². The lowest BCUT2D eigenvalue weighted by Gasteiger charge is -2.08. The molecule has 4 rings (SSSR count). The van der Waals surface area contributed by atoms with Crippen LogP contribution in [-0.2, 0) is 0 Å². The Kier molecular flexibility index (Phi) is 4.60. The van der Waals surface area contributed by atoms with Crippen LogP contribution in [0.3, 0.4) is 0 Å². The van der Waals surface area contributed by atoms with Gasteiger partial charge in [0.2, 0.25) is 5.89 Å². The van der Waals surface area contributed by atoms with Gasteiger partial charge in [0.1, 0.15) is 5.82 Å². The van der Waals surface area contributed by atoms with E-state index in [0.29, 0.717) is 27.8 Å². The van der Waals surface area contributed by atoms with Gasteiger partial charge in [0.05, 0.1) is 16.2 Å². The third-order valence-electron chi connectivity index (χ3n) is 3.79. The molecule has 0 aliphatic rings. The molecule has 2 aromatic carbocycles. The van der Waals surface area contributed by atoms with Crippen LogP contribution in [0.1, 0.15) is 18.0 Å². The summed E-state index contributed by atoms with van der Waals surface area (Å²) in [7, 11) is 0. The number of hydrogen-bond acceptors (Lipinski definition) is 6. The zero-order valence-corrected chi connectivity index (χ0v) is 16.0. The number of benzene rings is 2. The quantitative estimate of drug-likeness (QED) is 0.478. The van der Waals surface area contributed by atoms with Crippen LogP contribution >= 0.6 is 27.7 Å². The van der Waals surface area contributed by atoms with Gasteiger partial charge in [0.15, 0.2) is 0 Å². The second-order valence-corrected chi connectivity index (χ2v) is 7.82. The molecule has 26 heavy (non-hydrogen) atoms. The zero-order valence-electron chi connectivity index (χ0n) is 13.6. The number of nitrogens with zero attached hydrogens (tertiary/aromatic N) is 3. The molecule has 1 unspecified atom stereocenters. The molecule has 8 heteroatoms. The molecule has 130 valence electrons. The Bertz CT molecular complexity index is 1120. The van der Waals surface area contributed by atoms with Gasteiger partial charge in [-0.05, 0) is 43.3 Å². The average Bonchev–Trinajstić information content (AvgIpc) is 3.10. The number of nitrogens with one attached hydrogen (secondary N) is 1. The third kappa shape index (κ3) is 3.42. The van der Waals surface area contributed by atoms with Crippen molar-refractivity contribution in [3.05, 3.63) is 69.2 Å². The summed E-state index contributed by atoms with van der Waals surface area (Å²) in [5, 5.41) is 9.01. The Balaban J connectivity index is 1.58. The second kappa shape index (κ2) is 7.05. The number of aromatic amines is 1. The number of H-pyrrole nitrogens is 1. The van der Waals surface area contributed by atoms with Crippen molar-refractivity contribution in [1.29, 1.82) is 0 Å². The maximum absolute atomic E-state index is 12.2. The minimum absolute atomic E-state index is 0.148. The molecule has 1 atom stereocenters. The molecular formula is C18H13BrN4O2S. The highest BCUT2D eigenvalue weighted by atomic mass is 79.9. The number of thioether (sulfide) groups is 1. The average molecular weight is 429 g/mol. The van der Waals surface area contributed by atoms with Crippen molar-refractivity contribution in [2.75, 3.05) is 0 Å². The Morgan fingerprint density at radius 3 is 2.69 bits per heavy atom. The van der Waals surface area contributed by atoms with Gasteiger partial charge < -0.3 is 9.40 Å². The Hall–Kier alpha value is -2.45. The first-order chi connectivity index (χ1) is 12.6. The van der Waals surface area contributed by atoms with E-state index in [4.69, 9.17) is 4.42 Å². The number of rotatable bonds is 4. The molecule has 0 saturated carbocycles. The highest BCUT2D eigenvalue weighted by Crippen LogP contribution is 2.33. The van der Waals surface area contributed by atoms with E-state index in [2.05, 4.69) is 36.1 Å². The van der Waals surface area contributed by atoms with E-state index in [9.17, 15) is 4.79 Å². The number of fused-ring (bicyclic) bond motifs is 1. The molecule has 2 aromatic heterocycles. The van der Waals surface area contributed by atoms with Gasteiger partial charge in [0, 0.05) is 10.0 Å². The normalized spacial score (nSPS) is 12.4. The zero-order chi connectivity index (χ0) is 18.1. The first-order valence-corrected chi connectivity index (χ1v) is 9.52. The molecule has 1 N–H and O–H groups in total. The molecule has 0 saturated heterocycles. The van der Waals surface area contributed by atoms with Crippen molar-refractivity contribution in [2.45, 2.75) is 17.4 Å². The Morgan fingerprint density at radius 2 is 1.88 bits per heavy atom. The molecule has 0 fully saturated rings. The predicted molar refractivity (Wildman–Crippen MR) is 104 cm³/mol. The van der Waals surface area contributed by atoms with Crippen LogP contribution < -0.4 is 5.56 Å². The van der Waals surface area contributed by atoms with Gasteiger partial charge in [0.25, 0.3) is 10.8 Å². The first kappa shape index (κ1) is 17.0. The molecule has 0 spiro atoms. The van der Waals surface area contributed by atoms with Crippen molar-refractivity contribution in [2.24, 2.45) is 0 Å². The van der Waals surface area contributed by atoms with Gasteiger partial charge in [-0.1, -0.05) is 39.8 Å². The second-order valence-electron chi connectivity index (χ2n) is 5.61. The lowest BCUT2D eigenvalue weighted by atomic mass is 10.2. The van der Waals surface area contributed by atoms with E-state index in [0.717, 1.165) is 10.0 Å². The van der Waals surface area contributed by atoms with E-state index in [1.54, 1.807) is 6.07 Å². The summed E-state index contributed by atoms with van der Waals surface area (Å²) >= 11 is 4.75. The lowest BCUT2D eigenvalue weighted by molar-refractivity contribution is 0.465. The maximum Gasteiger partial charge on any atom is 0.277 e. The minimum Gasteiger partial charge on any atom is -0.411 e. The number of hydrogen-bond donors (Lipinski definition) is 1. The van der Waals surface area contributed by atoms with Gasteiger partial charge in [-0.3, -0.25) is 4.79 Å². The fourth-order valence-corrected chi connectivity index (χ4v) is 3.48. The fourth-order valence-electron chi connectivity index (χ4n) is 2.47. The molecule has 6 nitrogen and oxygen atoms in total. The molecule has 0 amide bonds. The number of para-hydroxylation sites is 1. The molecule has 4 aromatic rings. The molecule has 0 bridgehead atoms. The summed E-state index contributed by atoms with van der Waals surface area (Å²) in [6.45, 7) is 1.93. The van der Waals surface area contributed by atoms with E-state index >= 15 is 0 Å². The summed E-state index contributed by atoms with van der Waals surface area (Å²) in [5.41, 5.74) is 1.36. The summed E-state index contributed by atoms with van der Waals surface area (Å²) in [4.78, 5) is 19.6. The van der Waals surface area contributed by atoms with Crippen molar-refractivity contribution in [1.82, 2.24) is 20.2 Å². The SMILES string of the molecule is CC(Sc1nnc(-c2ccc(Br)cc2)o1)c1nc2ccccc2c(=O)[nH]1. The summed E-state index contributed by atoms with van der Waals surface area (Å²) in [6.07, 6.45) is 0. The Morgan fingerprint density at radius 1 is 1.12 bits per heavy atom. The summed E-state index contributed by atoms with van der Waals surface area (Å²) < 4.78 is 6.71. The standard InChI is InChI=1S/C18H13BrN4O2S/c1-10(15-20-14-5-3-2-4-13(14)16(24)21-15)26-18-23-22-17(25-18)11-6-8-12(19)9-7-11/h2-10H,1H3,(H,20,21,24). The largest absolute Gasteiger partial charge is 0.411 e. The molecular weight excluding hydrogens is 416 g/mol. The monoisotopic (exact) mass is 428 g/mol. The van der Waals surface area contributed by atoms with Gasteiger partial charge >= 0.3 is 0 Å². The number of aromatic nitrogens is 4. The minimum atomic E-state index is -0.154. The smallest absolute Gasteiger partial charge is 0.277 e. The van der Waals surface area contributed by atoms with Crippen molar-refractivity contribution in [3.8, 4) is 11.5 Å². The van der Waals surface area contributed by atoms with Gasteiger partial charge in [-0.2, -0.15) is 0 Å². The molecule has 2 heterocycles. The molecule has 0 aliphatic heterocycles. The van der Waals surface area contributed by atoms with Crippen LogP contribution in [0.4, 0.5) is 0 Å². The van der Waals surface area contributed by atoms with E-state index in [1.165, 1.54) is 11.8 Å². The van der Waals surface area contributed by atoms with Crippen LogP contribution in [-0.4, -0.2) is 20.2 Å². The van der Waals surface area contributed by atoms with Crippen molar-refractivity contribution in [3.63, 3.8) is 0 Å². The number of halogens is 1. The third-order valence-corrected chi connectivity index (χ3v) is 5.26. The van der Waals surface area contributed by atoms with Crippen LogP contribution in [0.25, 0.3) is 22.4 Å². The van der Waals surface area contributed by atoms with E-state index in [1.807, 2.05) is 49.4 Å². The summed E-state index contributed by atoms with van der Waals surface area (Å²) in [6, 6.07) is 14.9. The van der Waals surface area contributed by atoms with Crippen LogP contribution in [0.15, 0.2) is 67.4 Å². The highest BCUT2D eigenvalue weighted by molar-refractivity contribution is 9.10. The van der Waals surface area contributed by atoms with E-state index in [-0.39, 0.29) is 10.8 Å². The topological polar surface area (TPSA) is 84.7 Å². The van der Waals surface area contributed by atoms with Gasteiger partial charge in [-0.15, -0.1) is 10.2 Å². The molecule has 0 aliphatic carbocycles. The fraction of sp³-hybridized carbons (Fsp3) is 0.111. The summed E-state index contributed by atoms with van der Waals surface area (Å²) in [5.74, 6) is 1.02. The Labute approximate surface area is 161 Å². The first-order valence-electron chi connectivity index (χ1n) is 7.85. The van der Waals surface area contributed by atoms with Crippen molar-refractivity contribution >= 4 is 38.6 Å². The predicted octanol–water partition coefficient (Wildman–Crippen LogP) is 4.59. The lowest BCUT2D eigenvalue weighted by Crippen LogP contribution is -2.12. The maximum atomic E-state index is 12.2. The van der Waals surface area contributed by atoms with Crippen LogP contribution in [0.5, 0.6) is 0 Å². The highest BCUT2D eigenvalue weighted by Gasteiger charge is 2.17. The molecule has 0 radical (unpaired) electrons. The van der Waals surface area contributed by atoms with Crippen LogP contribution in [0.2, 0.25) is 0 Å². The van der Waals surface area contributed by atoms with Crippen LogP contribution in [0, 0.1) is 0 Å². The van der Waals surface area contributed by atoms with Gasteiger partial charge in [-0.25, -0.2) is 4.98 Å². The van der Waals surface area contributed by atoms with E-state index < -0.39 is 0 Å².